The summed E-state index contributed by atoms with van der Waals surface area (Å²) in [7, 11) is 0. The maximum absolute atomic E-state index is 14.6. The lowest BCUT2D eigenvalue weighted by atomic mass is 10.1. The molecular formula is C31H39ClFN7O4. The molecule has 2 aliphatic heterocycles. The van der Waals surface area contributed by atoms with Crippen molar-refractivity contribution < 1.29 is 24.1 Å². The van der Waals surface area contributed by atoms with Crippen molar-refractivity contribution in [1.82, 2.24) is 24.7 Å². The van der Waals surface area contributed by atoms with Gasteiger partial charge in [0.05, 0.1) is 37.3 Å². The molecule has 0 radical (unpaired) electrons. The van der Waals surface area contributed by atoms with Crippen LogP contribution in [0.2, 0.25) is 5.02 Å². The fourth-order valence-corrected chi connectivity index (χ4v) is 5.66. The Morgan fingerprint density at radius 2 is 1.73 bits per heavy atom. The Morgan fingerprint density at radius 3 is 2.48 bits per heavy atom. The van der Waals surface area contributed by atoms with Crippen LogP contribution in [-0.4, -0.2) is 126 Å². The van der Waals surface area contributed by atoms with E-state index in [1.165, 1.54) is 12.1 Å². The van der Waals surface area contributed by atoms with Gasteiger partial charge in [0.2, 0.25) is 5.91 Å². The number of rotatable bonds is 13. The second-order valence-electron chi connectivity index (χ2n) is 10.8. The minimum atomic E-state index is -0.416. The van der Waals surface area contributed by atoms with Crippen molar-refractivity contribution in [2.45, 2.75) is 6.42 Å². The van der Waals surface area contributed by atoms with E-state index in [1.54, 1.807) is 24.5 Å². The van der Waals surface area contributed by atoms with E-state index in [4.69, 9.17) is 16.3 Å². The highest BCUT2D eigenvalue weighted by Crippen LogP contribution is 2.39. The molecule has 0 unspecified atom stereocenters. The predicted octanol–water partition coefficient (Wildman–Crippen LogP) is 2.70. The Bertz CT molecular complexity index is 1400. The summed E-state index contributed by atoms with van der Waals surface area (Å²) in [5, 5.41) is 21.7. The number of hydrogen-bond acceptors (Lipinski definition) is 10. The number of hydrogen-bond donors (Lipinski definition) is 3. The maximum atomic E-state index is 14.6. The summed E-state index contributed by atoms with van der Waals surface area (Å²) in [6.45, 7) is 8.26. The van der Waals surface area contributed by atoms with Crippen molar-refractivity contribution in [2.75, 3.05) is 95.5 Å². The SMILES string of the molecule is O=C(CCN1CCN(CCN(CCO)CCO)CC1)Nc1cc(N2CCOc3cnc(-c4cc(Cl)ccc4F)cc32)ccn1. The normalized spacial score (nSPS) is 15.7. The molecule has 0 bridgehead atoms. The van der Waals surface area contributed by atoms with Crippen LogP contribution >= 0.6 is 11.6 Å². The van der Waals surface area contributed by atoms with Crippen LogP contribution in [0.15, 0.2) is 48.8 Å². The number of benzene rings is 1. The smallest absolute Gasteiger partial charge is 0.226 e. The minimum absolute atomic E-state index is 0.0858. The van der Waals surface area contributed by atoms with Crippen molar-refractivity contribution >= 4 is 34.7 Å². The highest BCUT2D eigenvalue weighted by Gasteiger charge is 2.23. The standard InChI is InChI=1S/C31H39ClFN7O4/c32-23-1-2-26(33)25(19-23)27-21-28-29(22-35-27)44-18-15-40(28)24-3-5-34-30(20-24)36-31(43)4-6-37-7-9-38(10-8-37)11-12-39(13-16-41)14-17-42/h1-3,5,19-22,41-42H,4,6-18H2,(H,34,36,43). The van der Waals surface area contributed by atoms with Crippen LogP contribution in [0.3, 0.4) is 0 Å². The first-order valence-corrected chi connectivity index (χ1v) is 15.3. The van der Waals surface area contributed by atoms with Crippen molar-refractivity contribution in [3.05, 3.63) is 59.6 Å². The van der Waals surface area contributed by atoms with E-state index in [-0.39, 0.29) is 19.1 Å². The summed E-state index contributed by atoms with van der Waals surface area (Å²) in [6.07, 6.45) is 3.59. The summed E-state index contributed by atoms with van der Waals surface area (Å²) >= 11 is 6.11. The first kappa shape index (κ1) is 32.0. The molecule has 5 rings (SSSR count). The number of aromatic nitrogens is 2. The van der Waals surface area contributed by atoms with Crippen LogP contribution in [-0.2, 0) is 4.79 Å². The number of anilines is 3. The molecule has 2 aromatic heterocycles. The summed E-state index contributed by atoms with van der Waals surface area (Å²) in [4.78, 5) is 30.4. The third kappa shape index (κ3) is 8.40. The Hall–Kier alpha value is -3.39. The molecule has 3 aromatic rings. The van der Waals surface area contributed by atoms with Crippen LogP contribution in [0.5, 0.6) is 5.75 Å². The number of nitrogens with one attached hydrogen (secondary N) is 1. The number of amides is 1. The van der Waals surface area contributed by atoms with Gasteiger partial charge in [0, 0.05) is 93.9 Å². The second kappa shape index (κ2) is 15.6. The van der Waals surface area contributed by atoms with Gasteiger partial charge in [0.25, 0.3) is 0 Å². The molecule has 44 heavy (non-hydrogen) atoms. The Balaban J connectivity index is 1.15. The largest absolute Gasteiger partial charge is 0.488 e. The van der Waals surface area contributed by atoms with Gasteiger partial charge < -0.3 is 30.1 Å². The van der Waals surface area contributed by atoms with E-state index in [0.717, 1.165) is 50.6 Å². The molecule has 3 N–H and O–H groups in total. The number of fused-ring (bicyclic) bond motifs is 1. The zero-order chi connectivity index (χ0) is 30.9. The van der Waals surface area contributed by atoms with Gasteiger partial charge in [0.15, 0.2) is 5.75 Å². The van der Waals surface area contributed by atoms with E-state index in [0.29, 0.717) is 67.1 Å². The molecule has 0 atom stereocenters. The number of piperazine rings is 1. The molecule has 11 nitrogen and oxygen atoms in total. The number of carbonyl (C=O) groups excluding carboxylic acids is 1. The third-order valence-electron chi connectivity index (χ3n) is 7.92. The lowest BCUT2D eigenvalue weighted by Gasteiger charge is -2.35. The van der Waals surface area contributed by atoms with Gasteiger partial charge in [-0.25, -0.2) is 9.37 Å². The molecule has 13 heteroatoms. The molecule has 1 saturated heterocycles. The Labute approximate surface area is 261 Å². The molecule has 1 aromatic carbocycles. The van der Waals surface area contributed by atoms with Crippen LogP contribution in [0.1, 0.15) is 6.42 Å². The number of aliphatic hydroxyl groups excluding tert-OH is 2. The van der Waals surface area contributed by atoms with Crippen LogP contribution < -0.4 is 15.0 Å². The summed E-state index contributed by atoms with van der Waals surface area (Å²) in [6, 6.07) is 9.83. The van der Waals surface area contributed by atoms with Crippen molar-refractivity contribution in [3.8, 4) is 17.0 Å². The number of halogens is 2. The highest BCUT2D eigenvalue weighted by molar-refractivity contribution is 6.30. The Morgan fingerprint density at radius 1 is 0.977 bits per heavy atom. The number of pyridine rings is 2. The fourth-order valence-electron chi connectivity index (χ4n) is 5.49. The number of nitrogens with zero attached hydrogens (tertiary/aromatic N) is 6. The van der Waals surface area contributed by atoms with E-state index >= 15 is 0 Å². The lowest BCUT2D eigenvalue weighted by Crippen LogP contribution is -2.49. The van der Waals surface area contributed by atoms with Crippen LogP contribution in [0.4, 0.5) is 21.6 Å². The summed E-state index contributed by atoms with van der Waals surface area (Å²) in [5.41, 5.74) is 2.29. The van der Waals surface area contributed by atoms with Gasteiger partial charge >= 0.3 is 0 Å². The number of carbonyl (C=O) groups is 1. The molecule has 4 heterocycles. The first-order valence-electron chi connectivity index (χ1n) is 14.9. The molecule has 2 aliphatic rings. The molecule has 236 valence electrons. The average molecular weight is 628 g/mol. The van der Waals surface area contributed by atoms with Gasteiger partial charge in [-0.15, -0.1) is 0 Å². The van der Waals surface area contributed by atoms with Gasteiger partial charge in [-0.3, -0.25) is 19.6 Å². The zero-order valence-electron chi connectivity index (χ0n) is 24.7. The van der Waals surface area contributed by atoms with Crippen molar-refractivity contribution in [1.29, 1.82) is 0 Å². The molecule has 1 amide bonds. The van der Waals surface area contributed by atoms with Crippen LogP contribution in [0, 0.1) is 5.82 Å². The summed E-state index contributed by atoms with van der Waals surface area (Å²) < 4.78 is 20.4. The van der Waals surface area contributed by atoms with Gasteiger partial charge in [-0.05, 0) is 30.3 Å². The Kier molecular flexibility index (Phi) is 11.3. The fraction of sp³-hybridized carbons (Fsp3) is 0.452. The van der Waals surface area contributed by atoms with E-state index in [2.05, 4.69) is 30.0 Å². The molecule has 0 spiro atoms. The monoisotopic (exact) mass is 627 g/mol. The lowest BCUT2D eigenvalue weighted by molar-refractivity contribution is -0.116. The number of ether oxygens (including phenoxy) is 1. The zero-order valence-corrected chi connectivity index (χ0v) is 25.4. The van der Waals surface area contributed by atoms with Crippen LogP contribution in [0.25, 0.3) is 11.3 Å². The minimum Gasteiger partial charge on any atom is -0.488 e. The van der Waals surface area contributed by atoms with E-state index in [1.807, 2.05) is 17.0 Å². The van der Waals surface area contributed by atoms with Gasteiger partial charge in [0.1, 0.15) is 18.2 Å². The molecule has 0 saturated carbocycles. The molecule has 0 aliphatic carbocycles. The van der Waals surface area contributed by atoms with Crippen molar-refractivity contribution in [3.63, 3.8) is 0 Å². The number of aliphatic hydroxyl groups is 2. The van der Waals surface area contributed by atoms with E-state index < -0.39 is 5.82 Å². The third-order valence-corrected chi connectivity index (χ3v) is 8.16. The van der Waals surface area contributed by atoms with Crippen molar-refractivity contribution in [2.24, 2.45) is 0 Å². The van der Waals surface area contributed by atoms with E-state index in [9.17, 15) is 19.4 Å². The molecule has 1 fully saturated rings. The average Bonchev–Trinajstić information content (AvgIpc) is 3.04. The quantitative estimate of drug-likeness (QED) is 0.261. The topological polar surface area (TPSA) is 118 Å². The highest BCUT2D eigenvalue weighted by atomic mass is 35.5. The second-order valence-corrected chi connectivity index (χ2v) is 11.3. The van der Waals surface area contributed by atoms with Gasteiger partial charge in [-0.1, -0.05) is 11.6 Å². The molecular weight excluding hydrogens is 589 g/mol. The maximum Gasteiger partial charge on any atom is 0.226 e. The summed E-state index contributed by atoms with van der Waals surface area (Å²) in [5.74, 6) is 0.514. The predicted molar refractivity (Wildman–Crippen MR) is 168 cm³/mol. The first-order chi connectivity index (χ1) is 21.4. The van der Waals surface area contributed by atoms with Gasteiger partial charge in [-0.2, -0.15) is 0 Å².